The van der Waals surface area contributed by atoms with Gasteiger partial charge in [0, 0.05) is 26.0 Å². The zero-order valence-corrected chi connectivity index (χ0v) is 11.7. The Bertz CT molecular complexity index is 402. The number of carbonyl (C=O) groups is 2. The third-order valence-corrected chi connectivity index (χ3v) is 3.10. The largest absolute Gasteiger partial charge is 0.449 e. The number of hydrogen-bond acceptors (Lipinski definition) is 5. The summed E-state index contributed by atoms with van der Waals surface area (Å²) in [4.78, 5) is 25.5. The first kappa shape index (κ1) is 16.2. The van der Waals surface area contributed by atoms with Crippen molar-refractivity contribution in [1.29, 1.82) is 5.26 Å². The molecule has 1 amide bonds. The molecule has 1 saturated heterocycles. The van der Waals surface area contributed by atoms with Crippen LogP contribution in [0, 0.1) is 11.3 Å². The number of likely N-dealkylation sites (tertiary alicyclic amines) is 1. The van der Waals surface area contributed by atoms with Crippen LogP contribution in [0.25, 0.3) is 0 Å². The lowest BCUT2D eigenvalue weighted by Crippen LogP contribution is -2.41. The molecule has 1 fully saturated rings. The third kappa shape index (κ3) is 4.35. The standard InChI is InChI=1S/C14H20N2O4/c1-3-5-6-13(17)16-10-11(19-4-2)9-12(16)14(18)20-8-7-15/h3,11-12H,1,4-6,8-10H2,2H3/t11-,12?/m1/s1. The fourth-order valence-corrected chi connectivity index (χ4v) is 2.22. The monoisotopic (exact) mass is 280 g/mol. The SMILES string of the molecule is C=CCCC(=O)N1C[C@H](OCC)CC1C(=O)OCC#N. The molecule has 0 aromatic carbocycles. The van der Waals surface area contributed by atoms with Crippen molar-refractivity contribution in [1.82, 2.24) is 4.90 Å². The summed E-state index contributed by atoms with van der Waals surface area (Å²) in [7, 11) is 0. The highest BCUT2D eigenvalue weighted by Crippen LogP contribution is 2.23. The van der Waals surface area contributed by atoms with Crippen molar-refractivity contribution in [2.45, 2.75) is 38.3 Å². The topological polar surface area (TPSA) is 79.6 Å². The van der Waals surface area contributed by atoms with E-state index in [9.17, 15) is 9.59 Å². The highest BCUT2D eigenvalue weighted by molar-refractivity contribution is 5.85. The van der Waals surface area contributed by atoms with Crippen molar-refractivity contribution in [3.8, 4) is 6.07 Å². The Hall–Kier alpha value is -1.87. The molecule has 20 heavy (non-hydrogen) atoms. The van der Waals surface area contributed by atoms with Crippen LogP contribution in [0.15, 0.2) is 12.7 Å². The van der Waals surface area contributed by atoms with Gasteiger partial charge in [0.25, 0.3) is 0 Å². The van der Waals surface area contributed by atoms with E-state index < -0.39 is 12.0 Å². The average molecular weight is 280 g/mol. The van der Waals surface area contributed by atoms with Crippen LogP contribution in [0.5, 0.6) is 0 Å². The van der Waals surface area contributed by atoms with E-state index in [0.717, 1.165) is 0 Å². The summed E-state index contributed by atoms with van der Waals surface area (Å²) in [5.74, 6) is -0.660. The van der Waals surface area contributed by atoms with Crippen LogP contribution in [-0.2, 0) is 19.1 Å². The highest BCUT2D eigenvalue weighted by Gasteiger charge is 2.40. The second-order valence-electron chi connectivity index (χ2n) is 4.47. The molecule has 0 aromatic heterocycles. The first-order valence-electron chi connectivity index (χ1n) is 6.69. The molecule has 1 rings (SSSR count). The van der Waals surface area contributed by atoms with Gasteiger partial charge in [-0.1, -0.05) is 6.08 Å². The molecule has 1 heterocycles. The summed E-state index contributed by atoms with van der Waals surface area (Å²) in [6, 6.07) is 1.09. The molecule has 2 atom stereocenters. The maximum Gasteiger partial charge on any atom is 0.329 e. The zero-order valence-electron chi connectivity index (χ0n) is 11.7. The molecule has 6 nitrogen and oxygen atoms in total. The van der Waals surface area contributed by atoms with Crippen LogP contribution in [-0.4, -0.2) is 48.7 Å². The number of esters is 1. The van der Waals surface area contributed by atoms with Gasteiger partial charge >= 0.3 is 5.97 Å². The fraction of sp³-hybridized carbons (Fsp3) is 0.643. The Balaban J connectivity index is 2.70. The quantitative estimate of drug-likeness (QED) is 0.514. The van der Waals surface area contributed by atoms with Gasteiger partial charge in [-0.2, -0.15) is 5.26 Å². The number of nitrogens with zero attached hydrogens (tertiary/aromatic N) is 2. The molecule has 0 spiro atoms. The van der Waals surface area contributed by atoms with E-state index in [1.165, 1.54) is 4.90 Å². The predicted molar refractivity (Wildman–Crippen MR) is 71.5 cm³/mol. The molecule has 0 aliphatic carbocycles. The summed E-state index contributed by atoms with van der Waals surface area (Å²) in [6.45, 7) is 6.05. The molecular weight excluding hydrogens is 260 g/mol. The van der Waals surface area contributed by atoms with Gasteiger partial charge in [0.1, 0.15) is 12.1 Å². The molecule has 1 aliphatic heterocycles. The van der Waals surface area contributed by atoms with Gasteiger partial charge in [-0.25, -0.2) is 4.79 Å². The molecule has 0 bridgehead atoms. The van der Waals surface area contributed by atoms with E-state index >= 15 is 0 Å². The van der Waals surface area contributed by atoms with E-state index in [-0.39, 0.29) is 18.6 Å². The minimum atomic E-state index is -0.655. The Labute approximate surface area is 118 Å². The van der Waals surface area contributed by atoms with Gasteiger partial charge in [0.2, 0.25) is 5.91 Å². The van der Waals surface area contributed by atoms with E-state index in [4.69, 9.17) is 14.7 Å². The normalized spacial score (nSPS) is 21.3. The number of allylic oxidation sites excluding steroid dienone is 1. The second-order valence-corrected chi connectivity index (χ2v) is 4.47. The third-order valence-electron chi connectivity index (χ3n) is 3.10. The molecule has 0 saturated carbocycles. The molecule has 1 aliphatic rings. The summed E-state index contributed by atoms with van der Waals surface area (Å²) >= 11 is 0. The molecular formula is C14H20N2O4. The summed E-state index contributed by atoms with van der Waals surface area (Å²) < 4.78 is 10.3. The lowest BCUT2D eigenvalue weighted by molar-refractivity contribution is -0.152. The van der Waals surface area contributed by atoms with Crippen molar-refractivity contribution in [3.05, 3.63) is 12.7 Å². The molecule has 6 heteroatoms. The van der Waals surface area contributed by atoms with E-state index in [1.807, 2.05) is 6.92 Å². The van der Waals surface area contributed by atoms with Crippen LogP contribution in [0.2, 0.25) is 0 Å². The minimum absolute atomic E-state index is 0.119. The van der Waals surface area contributed by atoms with Crippen molar-refractivity contribution in [2.75, 3.05) is 19.8 Å². The Morgan fingerprint density at radius 1 is 1.55 bits per heavy atom. The van der Waals surface area contributed by atoms with Crippen molar-refractivity contribution in [2.24, 2.45) is 0 Å². The van der Waals surface area contributed by atoms with E-state index in [1.54, 1.807) is 12.1 Å². The molecule has 110 valence electrons. The van der Waals surface area contributed by atoms with Gasteiger partial charge in [-0.05, 0) is 13.3 Å². The van der Waals surface area contributed by atoms with Crippen LogP contribution >= 0.6 is 0 Å². The van der Waals surface area contributed by atoms with Gasteiger partial charge in [-0.3, -0.25) is 4.79 Å². The molecule has 0 N–H and O–H groups in total. The van der Waals surface area contributed by atoms with Crippen LogP contribution in [0.1, 0.15) is 26.2 Å². The predicted octanol–water partition coefficient (Wildman–Crippen LogP) is 1.03. The van der Waals surface area contributed by atoms with E-state index in [0.29, 0.717) is 32.4 Å². The Kier molecular flexibility index (Phi) is 6.74. The highest BCUT2D eigenvalue weighted by atomic mass is 16.5. The maximum atomic E-state index is 12.1. The van der Waals surface area contributed by atoms with Crippen LogP contribution in [0.4, 0.5) is 0 Å². The lowest BCUT2D eigenvalue weighted by Gasteiger charge is -2.22. The summed E-state index contributed by atoms with van der Waals surface area (Å²) in [5.41, 5.74) is 0. The minimum Gasteiger partial charge on any atom is -0.449 e. The van der Waals surface area contributed by atoms with Gasteiger partial charge < -0.3 is 14.4 Å². The number of ether oxygens (including phenoxy) is 2. The Morgan fingerprint density at radius 2 is 2.30 bits per heavy atom. The number of rotatable bonds is 7. The fourth-order valence-electron chi connectivity index (χ4n) is 2.22. The average Bonchev–Trinajstić information content (AvgIpc) is 2.86. The number of amides is 1. The number of hydrogen-bond donors (Lipinski definition) is 0. The van der Waals surface area contributed by atoms with Gasteiger partial charge in [-0.15, -0.1) is 6.58 Å². The summed E-state index contributed by atoms with van der Waals surface area (Å²) in [5, 5.41) is 8.44. The number of carbonyl (C=O) groups excluding carboxylic acids is 2. The first-order chi connectivity index (χ1) is 9.63. The smallest absolute Gasteiger partial charge is 0.329 e. The van der Waals surface area contributed by atoms with Crippen LogP contribution < -0.4 is 0 Å². The van der Waals surface area contributed by atoms with Crippen molar-refractivity contribution >= 4 is 11.9 Å². The summed E-state index contributed by atoms with van der Waals surface area (Å²) in [6.07, 6.45) is 2.79. The second kappa shape index (κ2) is 8.33. The zero-order chi connectivity index (χ0) is 15.0. The maximum absolute atomic E-state index is 12.1. The number of nitriles is 1. The van der Waals surface area contributed by atoms with Gasteiger partial charge in [0.15, 0.2) is 6.61 Å². The molecule has 0 aromatic rings. The van der Waals surface area contributed by atoms with Crippen molar-refractivity contribution in [3.63, 3.8) is 0 Å². The van der Waals surface area contributed by atoms with Crippen molar-refractivity contribution < 1.29 is 19.1 Å². The Morgan fingerprint density at radius 3 is 2.90 bits per heavy atom. The molecule has 0 radical (unpaired) electrons. The first-order valence-corrected chi connectivity index (χ1v) is 6.69. The van der Waals surface area contributed by atoms with E-state index in [2.05, 4.69) is 6.58 Å². The lowest BCUT2D eigenvalue weighted by atomic mass is 10.2. The molecule has 1 unspecified atom stereocenters. The van der Waals surface area contributed by atoms with Gasteiger partial charge in [0.05, 0.1) is 6.10 Å². The van der Waals surface area contributed by atoms with Crippen LogP contribution in [0.3, 0.4) is 0 Å².